The molecule has 146 valence electrons. The Labute approximate surface area is 157 Å². The number of unbranched alkanes of at least 4 members (excludes halogenated alkanes) is 3. The number of nitrogen functional groups attached to an aromatic ring is 1. The molecule has 0 saturated carbocycles. The first-order valence-electron chi connectivity index (χ1n) is 9.11. The molecule has 9 nitrogen and oxygen atoms in total. The van der Waals surface area contributed by atoms with E-state index in [1.54, 1.807) is 0 Å². The third-order valence-electron chi connectivity index (χ3n) is 4.49. The molecule has 0 aliphatic carbocycles. The van der Waals surface area contributed by atoms with Gasteiger partial charge in [-0.2, -0.15) is 0 Å². The fraction of sp³-hybridized carbons (Fsp3) is 0.611. The summed E-state index contributed by atoms with van der Waals surface area (Å²) in [6.07, 6.45) is 3.32. The third kappa shape index (κ3) is 4.36. The molecule has 27 heavy (non-hydrogen) atoms. The molecule has 1 aliphatic rings. The number of rotatable bonds is 7. The summed E-state index contributed by atoms with van der Waals surface area (Å²) >= 11 is 0. The Morgan fingerprint density at radius 1 is 1.22 bits per heavy atom. The Balaban J connectivity index is 1.57. The molecule has 1 aliphatic heterocycles. The van der Waals surface area contributed by atoms with Crippen molar-refractivity contribution in [3.63, 3.8) is 0 Å². The smallest absolute Gasteiger partial charge is 0.167 e. The highest BCUT2D eigenvalue weighted by molar-refractivity contribution is 5.81. The molecule has 0 radical (unpaired) electrons. The zero-order valence-corrected chi connectivity index (χ0v) is 15.3. The number of aromatic nitrogens is 4. The number of anilines is 1. The lowest BCUT2D eigenvalue weighted by Crippen LogP contribution is -2.33. The van der Waals surface area contributed by atoms with Gasteiger partial charge < -0.3 is 25.4 Å². The second kappa shape index (κ2) is 9.10. The van der Waals surface area contributed by atoms with Crippen molar-refractivity contribution in [3.05, 3.63) is 12.7 Å². The number of ether oxygens (including phenoxy) is 2. The summed E-state index contributed by atoms with van der Waals surface area (Å²) < 4.78 is 12.8. The molecular formula is C18H25N5O4. The van der Waals surface area contributed by atoms with Gasteiger partial charge in [0.2, 0.25) is 0 Å². The van der Waals surface area contributed by atoms with Crippen LogP contribution in [0.2, 0.25) is 0 Å². The van der Waals surface area contributed by atoms with Gasteiger partial charge in [-0.3, -0.25) is 4.57 Å². The third-order valence-corrected chi connectivity index (χ3v) is 4.49. The Morgan fingerprint density at radius 3 is 2.89 bits per heavy atom. The number of nitrogens with two attached hydrogens (primary N) is 1. The summed E-state index contributed by atoms with van der Waals surface area (Å²) in [5, 5.41) is 20.6. The van der Waals surface area contributed by atoms with Crippen LogP contribution in [-0.2, 0) is 9.47 Å². The van der Waals surface area contributed by atoms with E-state index in [4.69, 9.17) is 15.2 Å². The van der Waals surface area contributed by atoms with Crippen LogP contribution in [0, 0.1) is 11.8 Å². The van der Waals surface area contributed by atoms with Crippen molar-refractivity contribution in [2.45, 2.75) is 57.1 Å². The maximum atomic E-state index is 10.4. The molecule has 0 amide bonds. The van der Waals surface area contributed by atoms with Crippen molar-refractivity contribution < 1.29 is 19.7 Å². The first kappa shape index (κ1) is 19.5. The van der Waals surface area contributed by atoms with Crippen molar-refractivity contribution in [2.75, 3.05) is 18.9 Å². The molecule has 0 spiro atoms. The minimum Gasteiger partial charge on any atom is -0.387 e. The lowest BCUT2D eigenvalue weighted by atomic mass is 10.1. The van der Waals surface area contributed by atoms with Crippen LogP contribution in [0.4, 0.5) is 5.82 Å². The first-order chi connectivity index (χ1) is 13.1. The second-order valence-electron chi connectivity index (χ2n) is 6.46. The predicted octanol–water partition coefficient (Wildman–Crippen LogP) is 0.628. The fourth-order valence-corrected chi connectivity index (χ4v) is 2.98. The average molecular weight is 375 g/mol. The maximum Gasteiger partial charge on any atom is 0.167 e. The van der Waals surface area contributed by atoms with Gasteiger partial charge in [-0.05, 0) is 6.42 Å². The lowest BCUT2D eigenvalue weighted by molar-refractivity contribution is -0.0615. The van der Waals surface area contributed by atoms with Crippen LogP contribution in [-0.4, -0.2) is 61.3 Å². The molecule has 0 unspecified atom stereocenters. The molecule has 1 saturated heterocycles. The molecule has 9 heteroatoms. The average Bonchev–Trinajstić information content (AvgIpc) is 3.21. The van der Waals surface area contributed by atoms with Gasteiger partial charge in [0.25, 0.3) is 0 Å². The highest BCUT2D eigenvalue weighted by Gasteiger charge is 2.44. The minimum absolute atomic E-state index is 0.127. The molecule has 0 aromatic carbocycles. The number of fused-ring (bicyclic) bond motifs is 1. The molecule has 4 N–H and O–H groups in total. The molecule has 2 aromatic heterocycles. The molecule has 4 atom stereocenters. The Bertz CT molecular complexity index is 815. The van der Waals surface area contributed by atoms with Crippen LogP contribution in [0.15, 0.2) is 12.7 Å². The van der Waals surface area contributed by atoms with Crippen LogP contribution < -0.4 is 5.73 Å². The minimum atomic E-state index is -1.15. The fourth-order valence-electron chi connectivity index (χ4n) is 2.98. The molecule has 3 heterocycles. The summed E-state index contributed by atoms with van der Waals surface area (Å²) in [7, 11) is 0. The highest BCUT2D eigenvalue weighted by atomic mass is 16.6. The molecule has 0 bridgehead atoms. The number of aliphatic hydroxyl groups excluding tert-OH is 2. The normalized spacial score (nSPS) is 24.9. The summed E-state index contributed by atoms with van der Waals surface area (Å²) in [6.45, 7) is 2.54. The Hall–Kier alpha value is -2.25. The second-order valence-corrected chi connectivity index (χ2v) is 6.46. The summed E-state index contributed by atoms with van der Waals surface area (Å²) in [6, 6.07) is 0. The summed E-state index contributed by atoms with van der Waals surface area (Å²) in [5.41, 5.74) is 6.62. The molecule has 2 aromatic rings. The Morgan fingerprint density at radius 2 is 2.07 bits per heavy atom. The molecule has 1 fully saturated rings. The van der Waals surface area contributed by atoms with E-state index in [9.17, 15) is 10.2 Å². The van der Waals surface area contributed by atoms with Crippen LogP contribution in [0.3, 0.4) is 0 Å². The molecular weight excluding hydrogens is 350 g/mol. The van der Waals surface area contributed by atoms with E-state index in [2.05, 4.69) is 33.7 Å². The van der Waals surface area contributed by atoms with Gasteiger partial charge in [-0.15, -0.1) is 5.92 Å². The van der Waals surface area contributed by atoms with Gasteiger partial charge in [0, 0.05) is 6.42 Å². The molecule has 3 rings (SSSR count). The van der Waals surface area contributed by atoms with Crippen LogP contribution in [0.25, 0.3) is 11.2 Å². The van der Waals surface area contributed by atoms with Gasteiger partial charge in [-0.1, -0.05) is 25.7 Å². The lowest BCUT2D eigenvalue weighted by Gasteiger charge is -2.16. The van der Waals surface area contributed by atoms with E-state index < -0.39 is 24.5 Å². The maximum absolute atomic E-state index is 10.4. The van der Waals surface area contributed by atoms with E-state index in [1.165, 1.54) is 30.1 Å². The topological polar surface area (TPSA) is 129 Å². The Kier molecular flexibility index (Phi) is 6.58. The number of nitrogens with zero attached hydrogens (tertiary/aromatic N) is 4. The summed E-state index contributed by atoms with van der Waals surface area (Å²) in [4.78, 5) is 12.2. The van der Waals surface area contributed by atoms with Crippen molar-refractivity contribution in [2.24, 2.45) is 0 Å². The zero-order chi connectivity index (χ0) is 19.2. The van der Waals surface area contributed by atoms with Crippen molar-refractivity contribution in [1.29, 1.82) is 0 Å². The largest absolute Gasteiger partial charge is 0.387 e. The predicted molar refractivity (Wildman–Crippen MR) is 98.4 cm³/mol. The highest BCUT2D eigenvalue weighted by Crippen LogP contribution is 2.32. The van der Waals surface area contributed by atoms with E-state index >= 15 is 0 Å². The van der Waals surface area contributed by atoms with E-state index in [0.29, 0.717) is 11.2 Å². The number of imidazole rings is 1. The van der Waals surface area contributed by atoms with Crippen LogP contribution in [0.5, 0.6) is 0 Å². The monoisotopic (exact) mass is 375 g/mol. The van der Waals surface area contributed by atoms with Crippen molar-refractivity contribution in [1.82, 2.24) is 19.5 Å². The van der Waals surface area contributed by atoms with E-state index in [0.717, 1.165) is 12.8 Å². The van der Waals surface area contributed by atoms with Gasteiger partial charge in [-0.25, -0.2) is 15.0 Å². The van der Waals surface area contributed by atoms with E-state index in [1.807, 2.05) is 0 Å². The first-order valence-corrected chi connectivity index (χ1v) is 9.11. The quantitative estimate of drug-likeness (QED) is 0.475. The van der Waals surface area contributed by atoms with Gasteiger partial charge in [0.15, 0.2) is 17.7 Å². The van der Waals surface area contributed by atoms with Crippen molar-refractivity contribution >= 4 is 17.0 Å². The number of hydrogen-bond acceptors (Lipinski definition) is 8. The van der Waals surface area contributed by atoms with Crippen LogP contribution >= 0.6 is 0 Å². The summed E-state index contributed by atoms with van der Waals surface area (Å²) in [5.74, 6) is 6.24. The zero-order valence-electron chi connectivity index (χ0n) is 15.3. The van der Waals surface area contributed by atoms with Crippen LogP contribution in [0.1, 0.15) is 38.8 Å². The van der Waals surface area contributed by atoms with Gasteiger partial charge in [0.1, 0.15) is 36.8 Å². The SMILES string of the molecule is CCCCCC#CCOC[C@H]1O[C@@H](n2cnc3c(N)ncnc32)[C@H](O)[C@@H]1O. The van der Waals surface area contributed by atoms with Gasteiger partial charge >= 0.3 is 0 Å². The van der Waals surface area contributed by atoms with Gasteiger partial charge in [0.05, 0.1) is 12.9 Å². The number of aliphatic hydroxyl groups is 2. The number of hydrogen-bond donors (Lipinski definition) is 3. The van der Waals surface area contributed by atoms with Crippen molar-refractivity contribution in [3.8, 4) is 11.8 Å². The standard InChI is InChI=1S/C18H25N5O4/c1-2-3-4-5-6-7-8-26-9-12-14(24)15(25)18(27-12)23-11-22-13-16(19)20-10-21-17(13)23/h10-12,14-15,18,24-25H,2-5,8-9H2,1H3,(H2,19,20,21)/t12-,14-,15-,18-/m1/s1. The van der Waals surface area contributed by atoms with E-state index in [-0.39, 0.29) is 19.0 Å².